The van der Waals surface area contributed by atoms with Gasteiger partial charge in [0.05, 0.1) is 5.54 Å². The smallest absolute Gasteiger partial charge is 0.242 e. The lowest BCUT2D eigenvalue weighted by Gasteiger charge is -2.40. The highest BCUT2D eigenvalue weighted by Gasteiger charge is 2.41. The van der Waals surface area contributed by atoms with Crippen molar-refractivity contribution in [2.45, 2.75) is 57.9 Å². The summed E-state index contributed by atoms with van der Waals surface area (Å²) in [6.07, 6.45) is 6.20. The van der Waals surface area contributed by atoms with Crippen molar-refractivity contribution in [3.05, 3.63) is 0 Å². The first-order valence-electron chi connectivity index (χ1n) is 6.51. The molecule has 2 N–H and O–H groups in total. The molecule has 17 heavy (non-hydrogen) atoms. The fourth-order valence-corrected chi connectivity index (χ4v) is 2.85. The lowest BCUT2D eigenvalue weighted by atomic mass is 9.82. The van der Waals surface area contributed by atoms with E-state index in [2.05, 4.69) is 13.8 Å². The summed E-state index contributed by atoms with van der Waals surface area (Å²) in [5, 5.41) is 0. The van der Waals surface area contributed by atoms with Gasteiger partial charge in [-0.3, -0.25) is 4.79 Å². The van der Waals surface area contributed by atoms with Gasteiger partial charge in [0.2, 0.25) is 5.91 Å². The van der Waals surface area contributed by atoms with E-state index in [4.69, 9.17) is 5.73 Å². The van der Waals surface area contributed by atoms with E-state index >= 15 is 0 Å². The van der Waals surface area contributed by atoms with Crippen LogP contribution in [0.25, 0.3) is 0 Å². The van der Waals surface area contributed by atoms with Crippen molar-refractivity contribution >= 4 is 18.3 Å². The number of likely N-dealkylation sites (tertiary alicyclic amines) is 1. The lowest BCUT2D eigenvalue weighted by molar-refractivity contribution is -0.138. The predicted octanol–water partition coefficient (Wildman–Crippen LogP) is 2.33. The van der Waals surface area contributed by atoms with Gasteiger partial charge in [0.1, 0.15) is 0 Å². The fraction of sp³-hybridized carbons (Fsp3) is 0.923. The molecule has 1 heterocycles. The first kappa shape index (κ1) is 14.8. The van der Waals surface area contributed by atoms with E-state index < -0.39 is 5.54 Å². The van der Waals surface area contributed by atoms with Gasteiger partial charge in [-0.1, -0.05) is 26.7 Å². The number of halogens is 1. The van der Waals surface area contributed by atoms with Gasteiger partial charge in [0.25, 0.3) is 0 Å². The van der Waals surface area contributed by atoms with Gasteiger partial charge in [-0.25, -0.2) is 0 Å². The molecule has 0 unspecified atom stereocenters. The van der Waals surface area contributed by atoms with Gasteiger partial charge in [-0.2, -0.15) is 0 Å². The Hall–Kier alpha value is -0.280. The van der Waals surface area contributed by atoms with Crippen LogP contribution < -0.4 is 5.73 Å². The second-order valence-electron chi connectivity index (χ2n) is 6.32. The van der Waals surface area contributed by atoms with Crippen LogP contribution >= 0.6 is 12.4 Å². The Morgan fingerprint density at radius 1 is 1.06 bits per heavy atom. The van der Waals surface area contributed by atoms with Gasteiger partial charge < -0.3 is 10.6 Å². The van der Waals surface area contributed by atoms with Crippen molar-refractivity contribution in [1.82, 2.24) is 4.90 Å². The van der Waals surface area contributed by atoms with Gasteiger partial charge in [0.15, 0.2) is 0 Å². The molecule has 100 valence electrons. The van der Waals surface area contributed by atoms with Gasteiger partial charge in [-0.05, 0) is 31.1 Å². The quantitative estimate of drug-likeness (QED) is 0.787. The van der Waals surface area contributed by atoms with Crippen LogP contribution in [0.4, 0.5) is 0 Å². The molecule has 1 saturated carbocycles. The van der Waals surface area contributed by atoms with E-state index in [1.807, 2.05) is 4.90 Å². The Balaban J connectivity index is 0.00000144. The zero-order chi connectivity index (χ0) is 11.8. The zero-order valence-electron chi connectivity index (χ0n) is 11.0. The summed E-state index contributed by atoms with van der Waals surface area (Å²) in [6, 6.07) is 0. The Bertz CT molecular complexity index is 275. The second kappa shape index (κ2) is 5.15. The van der Waals surface area contributed by atoms with Crippen molar-refractivity contribution < 1.29 is 4.79 Å². The maximum Gasteiger partial charge on any atom is 0.242 e. The summed E-state index contributed by atoms with van der Waals surface area (Å²) in [5.74, 6) is 0.209. The number of piperidine rings is 1. The van der Waals surface area contributed by atoms with E-state index in [1.54, 1.807) is 0 Å². The molecule has 0 spiro atoms. The van der Waals surface area contributed by atoms with Crippen LogP contribution in [0.15, 0.2) is 0 Å². The first-order valence-corrected chi connectivity index (χ1v) is 6.51. The minimum atomic E-state index is -0.526. The molecule has 0 aromatic carbocycles. The van der Waals surface area contributed by atoms with Gasteiger partial charge in [0, 0.05) is 13.1 Å². The highest BCUT2D eigenvalue weighted by atomic mass is 35.5. The molecule has 1 aliphatic carbocycles. The highest BCUT2D eigenvalue weighted by Crippen LogP contribution is 2.33. The minimum absolute atomic E-state index is 0. The number of rotatable bonds is 1. The van der Waals surface area contributed by atoms with Crippen LogP contribution in [0.3, 0.4) is 0 Å². The molecule has 1 amide bonds. The van der Waals surface area contributed by atoms with Crippen molar-refractivity contribution in [3.8, 4) is 0 Å². The number of carbonyl (C=O) groups is 1. The third kappa shape index (κ3) is 3.14. The second-order valence-corrected chi connectivity index (χ2v) is 6.32. The normalized spacial score (nSPS) is 26.4. The summed E-state index contributed by atoms with van der Waals surface area (Å²) in [4.78, 5) is 14.3. The third-order valence-corrected chi connectivity index (χ3v) is 4.33. The number of hydrogen-bond acceptors (Lipinski definition) is 2. The Labute approximate surface area is 111 Å². The van der Waals surface area contributed by atoms with Crippen LogP contribution in [0.5, 0.6) is 0 Å². The van der Waals surface area contributed by atoms with Crippen LogP contribution in [0.1, 0.15) is 52.4 Å². The number of carbonyl (C=O) groups excluding carboxylic acids is 1. The Kier molecular flexibility index (Phi) is 4.48. The Morgan fingerprint density at radius 3 is 2.00 bits per heavy atom. The van der Waals surface area contributed by atoms with Crippen LogP contribution in [-0.2, 0) is 4.79 Å². The number of nitrogens with zero attached hydrogens (tertiary/aromatic N) is 1. The highest BCUT2D eigenvalue weighted by molar-refractivity contribution is 5.86. The molecule has 1 saturated heterocycles. The molecule has 0 aromatic rings. The molecule has 4 heteroatoms. The Morgan fingerprint density at radius 2 is 1.53 bits per heavy atom. The summed E-state index contributed by atoms with van der Waals surface area (Å²) in [6.45, 7) is 6.35. The number of amides is 1. The summed E-state index contributed by atoms with van der Waals surface area (Å²) < 4.78 is 0. The summed E-state index contributed by atoms with van der Waals surface area (Å²) in [7, 11) is 0. The maximum absolute atomic E-state index is 12.3. The van der Waals surface area contributed by atoms with Crippen molar-refractivity contribution in [2.75, 3.05) is 13.1 Å². The fourth-order valence-electron chi connectivity index (χ4n) is 2.85. The zero-order valence-corrected chi connectivity index (χ0v) is 11.8. The monoisotopic (exact) mass is 260 g/mol. The molecule has 2 aliphatic rings. The standard InChI is InChI=1S/C13H24N2O.ClH/c1-12(2)7-9-15(10-8-12)11(16)13(14)5-3-4-6-13;/h3-10,14H2,1-2H3;1H. The number of hydrogen-bond donors (Lipinski definition) is 1. The molecular formula is C13H25ClN2O. The minimum Gasteiger partial charge on any atom is -0.341 e. The molecule has 0 bridgehead atoms. The molecule has 0 radical (unpaired) electrons. The van der Waals surface area contributed by atoms with Crippen LogP contribution in [0.2, 0.25) is 0 Å². The summed E-state index contributed by atoms with van der Waals surface area (Å²) >= 11 is 0. The van der Waals surface area contributed by atoms with Crippen molar-refractivity contribution in [2.24, 2.45) is 11.1 Å². The lowest BCUT2D eigenvalue weighted by Crippen LogP contribution is -2.55. The summed E-state index contributed by atoms with van der Waals surface area (Å²) in [5.41, 5.74) is 6.08. The van der Waals surface area contributed by atoms with Crippen LogP contribution in [-0.4, -0.2) is 29.4 Å². The topological polar surface area (TPSA) is 46.3 Å². The molecular weight excluding hydrogens is 236 g/mol. The molecule has 3 nitrogen and oxygen atoms in total. The van der Waals surface area contributed by atoms with Gasteiger partial charge >= 0.3 is 0 Å². The average molecular weight is 261 g/mol. The SMILES string of the molecule is CC1(C)CCN(C(=O)C2(N)CCCC2)CC1.Cl. The predicted molar refractivity (Wildman–Crippen MR) is 72.2 cm³/mol. The average Bonchev–Trinajstić information content (AvgIpc) is 2.66. The molecule has 0 aromatic heterocycles. The molecule has 2 rings (SSSR count). The van der Waals surface area contributed by atoms with E-state index in [9.17, 15) is 4.79 Å². The van der Waals surface area contributed by atoms with E-state index in [-0.39, 0.29) is 18.3 Å². The van der Waals surface area contributed by atoms with E-state index in [0.717, 1.165) is 51.6 Å². The molecule has 1 aliphatic heterocycles. The molecule has 2 fully saturated rings. The van der Waals surface area contributed by atoms with Crippen molar-refractivity contribution in [3.63, 3.8) is 0 Å². The third-order valence-electron chi connectivity index (χ3n) is 4.33. The molecule has 0 atom stereocenters. The first-order chi connectivity index (χ1) is 7.43. The van der Waals surface area contributed by atoms with E-state index in [1.165, 1.54) is 0 Å². The van der Waals surface area contributed by atoms with E-state index in [0.29, 0.717) is 5.41 Å². The maximum atomic E-state index is 12.3. The number of nitrogens with two attached hydrogens (primary N) is 1. The van der Waals surface area contributed by atoms with Crippen molar-refractivity contribution in [1.29, 1.82) is 0 Å². The van der Waals surface area contributed by atoms with Crippen LogP contribution in [0, 0.1) is 5.41 Å². The largest absolute Gasteiger partial charge is 0.341 e. The van der Waals surface area contributed by atoms with Gasteiger partial charge in [-0.15, -0.1) is 12.4 Å².